The van der Waals surface area contributed by atoms with E-state index in [1.807, 2.05) is 0 Å². The van der Waals surface area contributed by atoms with Gasteiger partial charge in [0, 0.05) is 60.5 Å². The minimum absolute atomic E-state index is 0.00147. The number of halogens is 2. The summed E-state index contributed by atoms with van der Waals surface area (Å²) in [4.78, 5) is 32.7. The number of aliphatic hydroxyl groups is 1. The van der Waals surface area contributed by atoms with Crippen LogP contribution >= 0.6 is 0 Å². The van der Waals surface area contributed by atoms with Crippen molar-refractivity contribution >= 4 is 17.4 Å². The first-order chi connectivity index (χ1) is 17.9. The van der Waals surface area contributed by atoms with Gasteiger partial charge in [-0.25, -0.2) is 13.8 Å². The number of aromatic nitrogens is 2. The van der Waals surface area contributed by atoms with Gasteiger partial charge in [0.2, 0.25) is 5.43 Å². The third kappa shape index (κ3) is 4.91. The number of amides is 1. The zero-order valence-corrected chi connectivity index (χ0v) is 19.4. The average Bonchev–Trinajstić information content (AvgIpc) is 3.30. The summed E-state index contributed by atoms with van der Waals surface area (Å²) in [5.74, 6) is -0.920. The number of aromatic amines is 1. The van der Waals surface area contributed by atoms with Crippen LogP contribution < -0.4 is 20.8 Å². The number of H-pyrrole nitrogens is 1. The van der Waals surface area contributed by atoms with E-state index in [1.165, 1.54) is 48.8 Å². The Morgan fingerprint density at radius 3 is 2.68 bits per heavy atom. The molecule has 10 heteroatoms. The Labute approximate surface area is 210 Å². The predicted molar refractivity (Wildman–Crippen MR) is 134 cm³/mol. The predicted octanol–water partition coefficient (Wildman–Crippen LogP) is 4.65. The molecule has 0 radical (unpaired) electrons. The number of rotatable bonds is 7. The van der Waals surface area contributed by atoms with Crippen LogP contribution in [0.15, 0.2) is 71.9 Å². The fourth-order valence-electron chi connectivity index (χ4n) is 4.28. The molecule has 1 aliphatic heterocycles. The Kier molecular flexibility index (Phi) is 6.65. The van der Waals surface area contributed by atoms with Crippen molar-refractivity contribution in [2.45, 2.75) is 12.3 Å². The van der Waals surface area contributed by atoms with E-state index in [4.69, 9.17) is 4.74 Å². The van der Waals surface area contributed by atoms with Gasteiger partial charge in [-0.1, -0.05) is 12.1 Å². The van der Waals surface area contributed by atoms with Gasteiger partial charge in [-0.15, -0.1) is 0 Å². The molecule has 1 atom stereocenters. The Hall–Kier alpha value is -4.57. The van der Waals surface area contributed by atoms with Crippen molar-refractivity contribution in [3.05, 3.63) is 100 Å². The lowest BCUT2D eigenvalue weighted by Crippen LogP contribution is -2.22. The van der Waals surface area contributed by atoms with E-state index >= 15 is 0 Å². The first-order valence-electron chi connectivity index (χ1n) is 11.5. The van der Waals surface area contributed by atoms with Crippen molar-refractivity contribution in [3.63, 3.8) is 0 Å². The maximum Gasteiger partial charge on any atom is 0.261 e. The minimum atomic E-state index is -0.733. The van der Waals surface area contributed by atoms with E-state index in [9.17, 15) is 23.5 Å². The molecule has 1 aliphatic rings. The molecule has 188 valence electrons. The Morgan fingerprint density at radius 2 is 1.92 bits per heavy atom. The molecule has 0 spiro atoms. The molecular formula is C27H22F2N4O4. The van der Waals surface area contributed by atoms with Crippen LogP contribution in [0.1, 0.15) is 28.3 Å². The number of nitrogens with zero attached hydrogens (tertiary/aromatic N) is 1. The number of benzene rings is 2. The lowest BCUT2D eigenvalue weighted by molar-refractivity contribution is 0.102. The third-order valence-electron chi connectivity index (χ3n) is 6.11. The molecule has 0 fully saturated rings. The van der Waals surface area contributed by atoms with Crippen molar-refractivity contribution in [3.8, 4) is 22.6 Å². The summed E-state index contributed by atoms with van der Waals surface area (Å²) in [6, 6.07) is 10.9. The van der Waals surface area contributed by atoms with Crippen LogP contribution in [-0.2, 0) is 0 Å². The SMILES string of the molecule is O=C(Nc1ccc(Oc2ccnc3c2C(CCO)CN3)c(F)c1)c1c[nH]cc(-c2ccc(F)cc2)c1=O. The highest BCUT2D eigenvalue weighted by molar-refractivity contribution is 6.04. The molecule has 0 aliphatic carbocycles. The Morgan fingerprint density at radius 1 is 1.11 bits per heavy atom. The first kappa shape index (κ1) is 24.1. The number of anilines is 2. The topological polar surface area (TPSA) is 116 Å². The van der Waals surface area contributed by atoms with Crippen LogP contribution in [0, 0.1) is 11.6 Å². The summed E-state index contributed by atoms with van der Waals surface area (Å²) < 4.78 is 34.0. The summed E-state index contributed by atoms with van der Waals surface area (Å²) >= 11 is 0. The molecule has 1 amide bonds. The lowest BCUT2D eigenvalue weighted by atomic mass is 9.99. The smallest absolute Gasteiger partial charge is 0.261 e. The molecular weight excluding hydrogens is 482 g/mol. The molecule has 2 aromatic carbocycles. The molecule has 1 unspecified atom stereocenters. The largest absolute Gasteiger partial charge is 0.454 e. The van der Waals surface area contributed by atoms with Crippen molar-refractivity contribution in [1.29, 1.82) is 0 Å². The quantitative estimate of drug-likeness (QED) is 0.291. The van der Waals surface area contributed by atoms with Gasteiger partial charge in [-0.2, -0.15) is 0 Å². The van der Waals surface area contributed by atoms with Crippen LogP contribution in [0.5, 0.6) is 11.5 Å². The van der Waals surface area contributed by atoms with E-state index in [-0.39, 0.29) is 35.1 Å². The van der Waals surface area contributed by atoms with Gasteiger partial charge < -0.3 is 25.5 Å². The lowest BCUT2D eigenvalue weighted by Gasteiger charge is -2.15. The molecule has 4 N–H and O–H groups in total. The fraction of sp³-hybridized carbons (Fsp3) is 0.148. The normalized spacial score (nSPS) is 14.1. The number of carbonyl (C=O) groups is 1. The first-order valence-corrected chi connectivity index (χ1v) is 11.5. The van der Waals surface area contributed by atoms with Crippen molar-refractivity contribution < 1.29 is 23.4 Å². The van der Waals surface area contributed by atoms with Crippen molar-refractivity contribution in [1.82, 2.24) is 9.97 Å². The minimum Gasteiger partial charge on any atom is -0.454 e. The number of aliphatic hydroxyl groups excluding tert-OH is 1. The summed E-state index contributed by atoms with van der Waals surface area (Å²) in [5, 5.41) is 15.0. The number of nitrogens with one attached hydrogen (secondary N) is 3. The standard InChI is InChI=1S/C27H22F2N4O4/c28-17-3-1-15(2-4-17)19-13-30-14-20(25(19)35)27(36)33-18-5-6-22(21(29)11-18)37-23-7-9-31-26-24(23)16(8-10-34)12-32-26/h1-7,9,11,13-14,16,34H,8,10,12H2,(H,30,35)(H,31,32)(H,33,36). The number of ether oxygens (including phenoxy) is 1. The van der Waals surface area contributed by atoms with Crippen molar-refractivity contribution in [2.75, 3.05) is 23.8 Å². The molecule has 0 bridgehead atoms. The van der Waals surface area contributed by atoms with E-state index < -0.39 is 23.0 Å². The second-order valence-corrected chi connectivity index (χ2v) is 8.48. The van der Waals surface area contributed by atoms with Crippen LogP contribution in [0.2, 0.25) is 0 Å². The number of carbonyl (C=O) groups excluding carboxylic acids is 1. The number of fused-ring (bicyclic) bond motifs is 1. The Bertz CT molecular complexity index is 1520. The van der Waals surface area contributed by atoms with Gasteiger partial charge >= 0.3 is 0 Å². The highest BCUT2D eigenvalue weighted by Crippen LogP contribution is 2.41. The molecule has 37 heavy (non-hydrogen) atoms. The van der Waals surface area contributed by atoms with Gasteiger partial charge in [-0.05, 0) is 42.3 Å². The average molecular weight is 504 g/mol. The van der Waals surface area contributed by atoms with E-state index in [0.29, 0.717) is 30.1 Å². The highest BCUT2D eigenvalue weighted by Gasteiger charge is 2.27. The van der Waals surface area contributed by atoms with Gasteiger partial charge in [-0.3, -0.25) is 9.59 Å². The van der Waals surface area contributed by atoms with Gasteiger partial charge in [0.15, 0.2) is 11.6 Å². The zero-order chi connectivity index (χ0) is 25.9. The van der Waals surface area contributed by atoms with Crippen LogP contribution in [0.4, 0.5) is 20.3 Å². The monoisotopic (exact) mass is 504 g/mol. The summed E-state index contributed by atoms with van der Waals surface area (Å²) in [6.07, 6.45) is 4.73. The van der Waals surface area contributed by atoms with Crippen molar-refractivity contribution in [2.24, 2.45) is 0 Å². The van der Waals surface area contributed by atoms with Crippen LogP contribution in [0.3, 0.4) is 0 Å². The fourth-order valence-corrected chi connectivity index (χ4v) is 4.28. The molecule has 5 rings (SSSR count). The number of hydrogen-bond acceptors (Lipinski definition) is 6. The number of pyridine rings is 2. The maximum atomic E-state index is 14.9. The molecule has 0 saturated heterocycles. The van der Waals surface area contributed by atoms with Crippen LogP contribution in [0.25, 0.3) is 11.1 Å². The van der Waals surface area contributed by atoms with Gasteiger partial charge in [0.1, 0.15) is 22.9 Å². The molecule has 4 aromatic rings. The summed E-state index contributed by atoms with van der Waals surface area (Å²) in [7, 11) is 0. The maximum absolute atomic E-state index is 14.9. The van der Waals surface area contributed by atoms with Gasteiger partial charge in [0.05, 0.1) is 0 Å². The summed E-state index contributed by atoms with van der Waals surface area (Å²) in [5.41, 5.74) is 0.804. The second-order valence-electron chi connectivity index (χ2n) is 8.48. The molecule has 0 saturated carbocycles. The van der Waals surface area contributed by atoms with E-state index in [2.05, 4.69) is 20.6 Å². The highest BCUT2D eigenvalue weighted by atomic mass is 19.1. The van der Waals surface area contributed by atoms with E-state index in [0.717, 1.165) is 11.6 Å². The molecule has 2 aromatic heterocycles. The molecule has 8 nitrogen and oxygen atoms in total. The van der Waals surface area contributed by atoms with Crippen LogP contribution in [-0.4, -0.2) is 34.1 Å². The second kappa shape index (κ2) is 10.2. The zero-order valence-electron chi connectivity index (χ0n) is 19.4. The van der Waals surface area contributed by atoms with E-state index in [1.54, 1.807) is 12.3 Å². The van der Waals surface area contributed by atoms with Gasteiger partial charge in [0.25, 0.3) is 5.91 Å². The third-order valence-corrected chi connectivity index (χ3v) is 6.11. The summed E-state index contributed by atoms with van der Waals surface area (Å²) in [6.45, 7) is 0.594. The molecule has 3 heterocycles. The number of hydrogen-bond donors (Lipinski definition) is 4. The Balaban J connectivity index is 1.35.